The fourth-order valence-electron chi connectivity index (χ4n) is 9.58. The molecular formula is C53H55N9O6S. The van der Waals surface area contributed by atoms with Crippen LogP contribution >= 0.6 is 11.3 Å². The lowest BCUT2D eigenvalue weighted by molar-refractivity contribution is -0.147. The lowest BCUT2D eigenvalue weighted by Gasteiger charge is -2.33. The SMILES string of the molecule is O=C1CN(CCCc2ccccc2)C(=O)[C@H]2CCCN2C(=O)[C@H](Cc2cscn2)NC(=O)[C@H](Cc2c[nH]c3ccccc23)NC(=O)[C@@H](Cc2ccccc2)NC(=O)[C@H](Cc2c[nH]c3ccccc23)N1. The molecule has 4 aromatic carbocycles. The van der Waals surface area contributed by atoms with Gasteiger partial charge >= 0.3 is 0 Å². The number of aromatic amines is 2. The minimum Gasteiger partial charge on any atom is -0.361 e. The highest BCUT2D eigenvalue weighted by atomic mass is 32.1. The average Bonchev–Trinajstić information content (AvgIpc) is 4.22. The van der Waals surface area contributed by atoms with Gasteiger partial charge in [-0.05, 0) is 60.1 Å². The molecule has 2 aliphatic heterocycles. The van der Waals surface area contributed by atoms with E-state index in [1.165, 1.54) is 21.1 Å². The minimum atomic E-state index is -1.23. The Hall–Kier alpha value is -7.59. The molecule has 3 aromatic heterocycles. The molecule has 5 heterocycles. The van der Waals surface area contributed by atoms with Crippen LogP contribution in [0.5, 0.6) is 0 Å². The first-order valence-electron chi connectivity index (χ1n) is 23.5. The highest BCUT2D eigenvalue weighted by Gasteiger charge is 2.41. The van der Waals surface area contributed by atoms with Crippen LogP contribution in [0, 0.1) is 0 Å². The first-order chi connectivity index (χ1) is 33.7. The molecule has 0 aliphatic carbocycles. The number of rotatable bonds is 12. The maximum atomic E-state index is 14.9. The maximum absolute atomic E-state index is 14.9. The maximum Gasteiger partial charge on any atom is 0.246 e. The number of nitrogens with one attached hydrogen (secondary N) is 6. The van der Waals surface area contributed by atoms with Crippen molar-refractivity contribution in [1.82, 2.24) is 46.0 Å². The summed E-state index contributed by atoms with van der Waals surface area (Å²) >= 11 is 1.36. The third-order valence-electron chi connectivity index (χ3n) is 13.1. The molecule has 0 saturated carbocycles. The van der Waals surface area contributed by atoms with Crippen molar-refractivity contribution in [3.63, 3.8) is 0 Å². The first-order valence-corrected chi connectivity index (χ1v) is 24.5. The third kappa shape index (κ3) is 11.2. The van der Waals surface area contributed by atoms with E-state index >= 15 is 0 Å². The van der Waals surface area contributed by atoms with E-state index in [1.54, 1.807) is 23.3 Å². The zero-order valence-electron chi connectivity index (χ0n) is 38.1. The largest absolute Gasteiger partial charge is 0.361 e. The number of aromatic nitrogens is 3. The lowest BCUT2D eigenvalue weighted by Crippen LogP contribution is -2.61. The fraction of sp³-hybridized carbons (Fsp3) is 0.302. The number of hydrogen-bond donors (Lipinski definition) is 6. The zero-order chi connectivity index (χ0) is 47.7. The number of nitrogens with zero attached hydrogens (tertiary/aromatic N) is 3. The van der Waals surface area contributed by atoms with Crippen LogP contribution in [0.2, 0.25) is 0 Å². The van der Waals surface area contributed by atoms with Gasteiger partial charge in [0.15, 0.2) is 0 Å². The second-order valence-electron chi connectivity index (χ2n) is 17.8. The van der Waals surface area contributed by atoms with E-state index in [2.05, 4.69) is 36.2 Å². The van der Waals surface area contributed by atoms with Crippen LogP contribution in [0.4, 0.5) is 0 Å². The molecule has 69 heavy (non-hydrogen) atoms. The minimum absolute atomic E-state index is 0.0347. The lowest BCUT2D eigenvalue weighted by atomic mass is 10.00. The first kappa shape index (κ1) is 46.5. The Morgan fingerprint density at radius 3 is 1.74 bits per heavy atom. The smallest absolute Gasteiger partial charge is 0.246 e. The van der Waals surface area contributed by atoms with Crippen LogP contribution in [0.3, 0.4) is 0 Å². The molecule has 5 atom stereocenters. The summed E-state index contributed by atoms with van der Waals surface area (Å²) in [6.07, 6.45) is 5.81. The summed E-state index contributed by atoms with van der Waals surface area (Å²) in [7, 11) is 0. The van der Waals surface area contributed by atoms with Gasteiger partial charge in [0.2, 0.25) is 35.4 Å². The fourth-order valence-corrected chi connectivity index (χ4v) is 10.2. The molecule has 2 fully saturated rings. The van der Waals surface area contributed by atoms with Gasteiger partial charge in [0.05, 0.1) is 17.7 Å². The predicted octanol–water partition coefficient (Wildman–Crippen LogP) is 4.78. The van der Waals surface area contributed by atoms with Crippen LogP contribution in [0.25, 0.3) is 21.8 Å². The number of amides is 6. The van der Waals surface area contributed by atoms with Crippen molar-refractivity contribution in [1.29, 1.82) is 0 Å². The second kappa shape index (κ2) is 21.6. The number of aryl methyl sites for hydroxylation is 1. The molecule has 0 bridgehead atoms. The number of fused-ring (bicyclic) bond motifs is 3. The topological polar surface area (TPSA) is 201 Å². The Balaban J connectivity index is 1.10. The Bertz CT molecular complexity index is 2920. The summed E-state index contributed by atoms with van der Waals surface area (Å²) in [6.45, 7) is 0.0747. The monoisotopic (exact) mass is 945 g/mol. The average molecular weight is 946 g/mol. The van der Waals surface area contributed by atoms with Crippen LogP contribution < -0.4 is 21.3 Å². The van der Waals surface area contributed by atoms with Crippen molar-refractivity contribution in [3.8, 4) is 0 Å². The van der Waals surface area contributed by atoms with E-state index in [9.17, 15) is 28.8 Å². The van der Waals surface area contributed by atoms with E-state index in [1.807, 2.05) is 109 Å². The Kier molecular flexibility index (Phi) is 14.5. The Morgan fingerprint density at radius 2 is 1.13 bits per heavy atom. The van der Waals surface area contributed by atoms with Crippen LogP contribution in [0.15, 0.2) is 132 Å². The van der Waals surface area contributed by atoms with E-state index < -0.39 is 65.7 Å². The molecular weight excluding hydrogens is 891 g/mol. The number of carbonyl (C=O) groups excluding carboxylic acids is 6. The molecule has 2 saturated heterocycles. The Morgan fingerprint density at radius 1 is 0.580 bits per heavy atom. The molecule has 0 radical (unpaired) electrons. The quantitative estimate of drug-likeness (QED) is 0.101. The van der Waals surface area contributed by atoms with Gasteiger partial charge in [0.1, 0.15) is 30.2 Å². The molecule has 15 nitrogen and oxygen atoms in total. The summed E-state index contributed by atoms with van der Waals surface area (Å²) in [5, 5.41) is 15.4. The van der Waals surface area contributed by atoms with Gasteiger partial charge in [0, 0.05) is 78.4 Å². The standard InChI is InChI=1S/C53H55N9O6S/c63-48-31-61(23-11-17-34-13-3-1-4-14-34)53(68)47-22-12-24-62(47)52(67)46(28-38-32-69-33-56-38)60-51(66)45(27-37-30-55-42-21-10-8-19-40(37)42)59-49(64)43(25-35-15-5-2-6-16-35)58-50(65)44(57-48)26-36-29-54-41-20-9-7-18-39(36)41/h1-10,13-16,18-21,29-30,32-33,43-47,54-55H,11-12,17,22-28,31H2,(H,57,63)(H,58,65)(H,59,64)(H,60,66)/t43-,44+,45+,46+,47-/m1/s1. The van der Waals surface area contributed by atoms with Crippen molar-refractivity contribution < 1.29 is 28.8 Å². The number of hydrogen-bond acceptors (Lipinski definition) is 8. The molecule has 6 amide bonds. The van der Waals surface area contributed by atoms with Gasteiger partial charge in [-0.2, -0.15) is 0 Å². The van der Waals surface area contributed by atoms with Crippen molar-refractivity contribution in [2.75, 3.05) is 19.6 Å². The molecule has 0 spiro atoms. The van der Waals surface area contributed by atoms with Gasteiger partial charge in [-0.15, -0.1) is 11.3 Å². The van der Waals surface area contributed by atoms with Gasteiger partial charge < -0.3 is 41.0 Å². The highest BCUT2D eigenvalue weighted by Crippen LogP contribution is 2.25. The number of thiazole rings is 1. The van der Waals surface area contributed by atoms with Crippen molar-refractivity contribution in [2.24, 2.45) is 0 Å². The van der Waals surface area contributed by atoms with Gasteiger partial charge in [-0.3, -0.25) is 28.8 Å². The van der Waals surface area contributed by atoms with Gasteiger partial charge in [-0.1, -0.05) is 97.1 Å². The normalized spacial score (nSPS) is 21.1. The molecule has 9 rings (SSSR count). The number of carbonyl (C=O) groups is 6. The molecule has 6 N–H and O–H groups in total. The zero-order valence-corrected chi connectivity index (χ0v) is 38.9. The molecule has 16 heteroatoms. The summed E-state index contributed by atoms with van der Waals surface area (Å²) in [6, 6.07) is 28.6. The second-order valence-corrected chi connectivity index (χ2v) is 18.6. The van der Waals surface area contributed by atoms with Gasteiger partial charge in [0.25, 0.3) is 0 Å². The van der Waals surface area contributed by atoms with E-state index in [-0.39, 0.29) is 45.3 Å². The van der Waals surface area contributed by atoms with Crippen molar-refractivity contribution in [2.45, 2.75) is 81.6 Å². The van der Waals surface area contributed by atoms with E-state index in [4.69, 9.17) is 0 Å². The summed E-state index contributed by atoms with van der Waals surface area (Å²) in [5.41, 5.74) is 7.24. The number of H-pyrrole nitrogens is 2. The van der Waals surface area contributed by atoms with E-state index in [0.717, 1.165) is 44.1 Å². The van der Waals surface area contributed by atoms with Crippen LogP contribution in [-0.4, -0.2) is 110 Å². The number of para-hydroxylation sites is 2. The number of benzene rings is 4. The summed E-state index contributed by atoms with van der Waals surface area (Å²) < 4.78 is 0. The van der Waals surface area contributed by atoms with Crippen molar-refractivity contribution in [3.05, 3.63) is 160 Å². The molecule has 7 aromatic rings. The molecule has 2 aliphatic rings. The van der Waals surface area contributed by atoms with Gasteiger partial charge in [-0.25, -0.2) is 4.98 Å². The summed E-state index contributed by atoms with van der Waals surface area (Å²) in [5.74, 6) is -3.32. The highest BCUT2D eigenvalue weighted by molar-refractivity contribution is 7.07. The van der Waals surface area contributed by atoms with Crippen LogP contribution in [-0.2, 0) is 60.9 Å². The third-order valence-corrected chi connectivity index (χ3v) is 13.7. The molecule has 0 unspecified atom stereocenters. The Labute approximate surface area is 403 Å². The predicted molar refractivity (Wildman–Crippen MR) is 264 cm³/mol. The van der Waals surface area contributed by atoms with Crippen LogP contribution in [0.1, 0.15) is 47.2 Å². The summed E-state index contributed by atoms with van der Waals surface area (Å²) in [4.78, 5) is 103. The molecule has 354 valence electrons. The van der Waals surface area contributed by atoms with E-state index in [0.29, 0.717) is 31.4 Å². The van der Waals surface area contributed by atoms with Crippen molar-refractivity contribution >= 4 is 68.6 Å².